The van der Waals surface area contributed by atoms with Crippen LogP contribution in [0.25, 0.3) is 10.2 Å². The summed E-state index contributed by atoms with van der Waals surface area (Å²) in [5, 5.41) is 10.6. The second-order valence-electron chi connectivity index (χ2n) is 5.39. The Morgan fingerprint density at radius 2 is 1.80 bits per heavy atom. The van der Waals surface area contributed by atoms with E-state index in [9.17, 15) is 0 Å². The fourth-order valence-corrected chi connectivity index (χ4v) is 3.47. The summed E-state index contributed by atoms with van der Waals surface area (Å²) in [6, 6.07) is 17.7. The minimum Gasteiger partial charge on any atom is -0.329 e. The van der Waals surface area contributed by atoms with Crippen LogP contribution in [-0.4, -0.2) is 16.0 Å². The largest absolute Gasteiger partial charge is 0.329 e. The van der Waals surface area contributed by atoms with Gasteiger partial charge in [0.2, 0.25) is 5.29 Å². The molecule has 25 heavy (non-hydrogen) atoms. The van der Waals surface area contributed by atoms with Gasteiger partial charge in [0.15, 0.2) is 5.13 Å². The molecule has 4 rings (SSSR count). The van der Waals surface area contributed by atoms with Gasteiger partial charge in [-0.25, -0.2) is 15.0 Å². The Hall–Kier alpha value is -2.70. The van der Waals surface area contributed by atoms with Crippen LogP contribution in [0.3, 0.4) is 0 Å². The zero-order valence-corrected chi connectivity index (χ0v) is 14.9. The molecule has 1 N–H and O–H groups in total. The predicted octanol–water partition coefficient (Wildman–Crippen LogP) is 5.04. The van der Waals surface area contributed by atoms with Crippen LogP contribution in [0, 0.1) is 0 Å². The normalized spacial score (nSPS) is 14.6. The Bertz CT molecular complexity index is 973. The molecular formula is C18H14ClN5S. The number of nitrogens with one attached hydrogen (secondary N) is 1. The highest BCUT2D eigenvalue weighted by Gasteiger charge is 2.16. The molecule has 2 aromatic carbocycles. The van der Waals surface area contributed by atoms with Gasteiger partial charge in [-0.3, -0.25) is 0 Å². The number of hydrazone groups is 1. The molecule has 0 atom stereocenters. The summed E-state index contributed by atoms with van der Waals surface area (Å²) < 4.78 is 1.13. The van der Waals surface area contributed by atoms with E-state index >= 15 is 0 Å². The number of benzene rings is 2. The molecule has 2 heterocycles. The molecule has 0 aliphatic carbocycles. The highest BCUT2D eigenvalue weighted by atomic mass is 35.5. The summed E-state index contributed by atoms with van der Waals surface area (Å²) in [5.41, 5.74) is 3.34. The first kappa shape index (κ1) is 15.8. The number of halogens is 1. The molecule has 1 aliphatic heterocycles. The van der Waals surface area contributed by atoms with Crippen molar-refractivity contribution in [1.29, 1.82) is 0 Å². The second kappa shape index (κ2) is 6.66. The van der Waals surface area contributed by atoms with Crippen molar-refractivity contribution in [3.05, 3.63) is 66.5 Å². The molecule has 5 nitrogen and oxygen atoms in total. The fraction of sp³-hybridized carbons (Fsp3) is 0.0556. The summed E-state index contributed by atoms with van der Waals surface area (Å²) in [4.78, 5) is 8.89. The van der Waals surface area contributed by atoms with Crippen molar-refractivity contribution in [3.63, 3.8) is 0 Å². The topological polar surface area (TPSA) is 52.9 Å². The number of rotatable bonds is 3. The third-order valence-electron chi connectivity index (χ3n) is 3.65. The molecule has 0 amide bonds. The minimum absolute atomic E-state index is 0.284. The quantitative estimate of drug-likeness (QED) is 0.660. The lowest BCUT2D eigenvalue weighted by molar-refractivity contribution is 1.14. The van der Waals surface area contributed by atoms with E-state index < -0.39 is 0 Å². The fourth-order valence-electron chi connectivity index (χ4n) is 2.41. The van der Waals surface area contributed by atoms with Crippen molar-refractivity contribution in [2.75, 3.05) is 10.3 Å². The lowest BCUT2D eigenvalue weighted by atomic mass is 10.3. The van der Waals surface area contributed by atoms with Crippen molar-refractivity contribution in [2.45, 2.75) is 6.92 Å². The van der Waals surface area contributed by atoms with Crippen LogP contribution in [0.2, 0.25) is 0 Å². The van der Waals surface area contributed by atoms with Crippen LogP contribution in [0.15, 0.2) is 76.6 Å². The van der Waals surface area contributed by atoms with Gasteiger partial charge in [0, 0.05) is 0 Å². The van der Waals surface area contributed by atoms with Crippen LogP contribution < -0.4 is 10.3 Å². The van der Waals surface area contributed by atoms with Crippen molar-refractivity contribution >= 4 is 55.0 Å². The number of anilines is 2. The monoisotopic (exact) mass is 367 g/mol. The first-order valence-corrected chi connectivity index (χ1v) is 8.87. The Morgan fingerprint density at radius 3 is 2.60 bits per heavy atom. The molecule has 1 aromatic heterocycles. The lowest BCUT2D eigenvalue weighted by Gasteiger charge is -2.16. The lowest BCUT2D eigenvalue weighted by Crippen LogP contribution is -2.21. The Balaban J connectivity index is 1.64. The van der Waals surface area contributed by atoms with Gasteiger partial charge in [-0.05, 0) is 42.8 Å². The first-order valence-electron chi connectivity index (χ1n) is 7.67. The van der Waals surface area contributed by atoms with E-state index in [0.717, 1.165) is 32.4 Å². The molecule has 1 aliphatic rings. The van der Waals surface area contributed by atoms with E-state index in [1.165, 1.54) is 0 Å². The van der Waals surface area contributed by atoms with Gasteiger partial charge in [0.05, 0.1) is 33.5 Å². The number of fused-ring (bicyclic) bond motifs is 1. The average molecular weight is 368 g/mol. The summed E-state index contributed by atoms with van der Waals surface area (Å²) in [6.45, 7) is 1.91. The molecule has 3 aromatic rings. The molecule has 7 heteroatoms. The third-order valence-corrected chi connectivity index (χ3v) is 4.86. The van der Waals surface area contributed by atoms with Gasteiger partial charge >= 0.3 is 0 Å². The molecule has 124 valence electrons. The maximum absolute atomic E-state index is 6.30. The number of nitrogens with zero attached hydrogens (tertiary/aromatic N) is 4. The van der Waals surface area contributed by atoms with E-state index in [0.29, 0.717) is 0 Å². The molecule has 0 fully saturated rings. The van der Waals surface area contributed by atoms with Crippen molar-refractivity contribution in [1.82, 2.24) is 4.98 Å². The second-order valence-corrected chi connectivity index (χ2v) is 6.75. The van der Waals surface area contributed by atoms with Crippen LogP contribution >= 0.6 is 22.9 Å². The van der Waals surface area contributed by atoms with Crippen LogP contribution in [0.4, 0.5) is 10.8 Å². The number of aromatic nitrogens is 1. The molecule has 0 spiro atoms. The SMILES string of the molecule is CC1=NN(c2ccccc2)C(Cl)=NC=C1Nc1nc2ccccc2s1. The summed E-state index contributed by atoms with van der Waals surface area (Å²) in [6.07, 6.45) is 1.68. The van der Waals surface area contributed by atoms with Gasteiger partial charge in [-0.2, -0.15) is 5.10 Å². The van der Waals surface area contributed by atoms with E-state index in [-0.39, 0.29) is 5.29 Å². The van der Waals surface area contributed by atoms with Crippen molar-refractivity contribution in [3.8, 4) is 0 Å². The molecule has 0 saturated heterocycles. The highest BCUT2D eigenvalue weighted by molar-refractivity contribution is 7.22. The predicted molar refractivity (Wildman–Crippen MR) is 107 cm³/mol. The number of para-hydroxylation sites is 2. The molecule has 0 radical (unpaired) electrons. The number of hydrogen-bond donors (Lipinski definition) is 1. The standard InChI is InChI=1S/C18H14ClN5S/c1-12-15(22-18-21-14-9-5-6-10-16(14)25-18)11-20-17(19)24(23-12)13-7-3-2-4-8-13/h2-11H,1H3,(H,21,22). The first-order chi connectivity index (χ1) is 12.2. The van der Waals surface area contributed by atoms with E-state index in [1.807, 2.05) is 61.5 Å². The number of allylic oxidation sites excluding steroid dienone is 1. The van der Waals surface area contributed by atoms with E-state index in [4.69, 9.17) is 11.6 Å². The van der Waals surface area contributed by atoms with Gasteiger partial charge in [-0.15, -0.1) is 0 Å². The van der Waals surface area contributed by atoms with Gasteiger partial charge in [0.25, 0.3) is 0 Å². The zero-order valence-electron chi connectivity index (χ0n) is 13.3. The van der Waals surface area contributed by atoms with Crippen molar-refractivity contribution < 1.29 is 0 Å². The third kappa shape index (κ3) is 3.26. The summed E-state index contributed by atoms with van der Waals surface area (Å²) in [7, 11) is 0. The number of amidine groups is 1. The smallest absolute Gasteiger partial charge is 0.224 e. The highest BCUT2D eigenvalue weighted by Crippen LogP contribution is 2.27. The van der Waals surface area contributed by atoms with Crippen molar-refractivity contribution in [2.24, 2.45) is 10.1 Å². The molecule has 0 bridgehead atoms. The van der Waals surface area contributed by atoms with E-state index in [1.54, 1.807) is 22.5 Å². The Morgan fingerprint density at radius 1 is 1.04 bits per heavy atom. The van der Waals surface area contributed by atoms with Gasteiger partial charge < -0.3 is 5.32 Å². The van der Waals surface area contributed by atoms with Gasteiger partial charge in [0.1, 0.15) is 0 Å². The number of hydrogen-bond acceptors (Lipinski definition) is 6. The summed E-state index contributed by atoms with van der Waals surface area (Å²) in [5.74, 6) is 0. The number of aliphatic imine (C=N–C) groups is 1. The van der Waals surface area contributed by atoms with Crippen LogP contribution in [-0.2, 0) is 0 Å². The van der Waals surface area contributed by atoms with Gasteiger partial charge in [-0.1, -0.05) is 41.7 Å². The van der Waals surface area contributed by atoms with E-state index in [2.05, 4.69) is 20.4 Å². The van der Waals surface area contributed by atoms with Crippen LogP contribution in [0.1, 0.15) is 6.92 Å². The van der Waals surface area contributed by atoms with Crippen LogP contribution in [0.5, 0.6) is 0 Å². The minimum atomic E-state index is 0.284. The Labute approximate surface area is 154 Å². The summed E-state index contributed by atoms with van der Waals surface area (Å²) >= 11 is 7.89. The maximum Gasteiger partial charge on any atom is 0.224 e. The Kier molecular flexibility index (Phi) is 4.21. The average Bonchev–Trinajstić information content (AvgIpc) is 2.99. The maximum atomic E-state index is 6.30. The molecular weight excluding hydrogens is 354 g/mol. The molecule has 0 saturated carbocycles. The number of thiazole rings is 1. The zero-order chi connectivity index (χ0) is 17.2. The molecule has 0 unspecified atom stereocenters.